The first-order valence-electron chi connectivity index (χ1n) is 11.7. The van der Waals surface area contributed by atoms with Crippen LogP contribution in [-0.2, 0) is 6.54 Å². The van der Waals surface area contributed by atoms with E-state index in [1.165, 1.54) is 38.5 Å². The van der Waals surface area contributed by atoms with Crippen LogP contribution in [0.25, 0.3) is 0 Å². The van der Waals surface area contributed by atoms with Crippen LogP contribution < -0.4 is 20.4 Å². The zero-order valence-corrected chi connectivity index (χ0v) is 20.4. The number of aromatic nitrogens is 2. The minimum Gasteiger partial charge on any atom is -0.358 e. The molecule has 8 heteroatoms. The van der Waals surface area contributed by atoms with Crippen molar-refractivity contribution in [2.75, 3.05) is 41.3 Å². The highest BCUT2D eigenvalue weighted by atomic mass is 35.5. The molecule has 0 atom stereocenters. The smallest absolute Gasteiger partial charge is 0.232 e. The number of hydrogen-bond donors (Lipinski definition) is 2. The normalized spacial score (nSPS) is 17.7. The average molecular weight is 473 g/mol. The molecule has 4 rings (SSSR count). The number of anilines is 3. The number of thiocarbonyl (C=S) groups is 1. The van der Waals surface area contributed by atoms with Gasteiger partial charge in [-0.3, -0.25) is 0 Å². The molecule has 2 fully saturated rings. The molecule has 0 unspecified atom stereocenters. The molecular formula is C24H33ClN6S. The lowest BCUT2D eigenvalue weighted by molar-refractivity contribution is 0.436. The van der Waals surface area contributed by atoms with E-state index in [0.29, 0.717) is 17.6 Å². The Morgan fingerprint density at radius 2 is 1.56 bits per heavy atom. The maximum absolute atomic E-state index is 5.97. The summed E-state index contributed by atoms with van der Waals surface area (Å²) in [6.45, 7) is 7.12. The van der Waals surface area contributed by atoms with Crippen molar-refractivity contribution < 1.29 is 0 Å². The van der Waals surface area contributed by atoms with E-state index in [-0.39, 0.29) is 0 Å². The van der Waals surface area contributed by atoms with Gasteiger partial charge in [-0.25, -0.2) is 0 Å². The summed E-state index contributed by atoms with van der Waals surface area (Å²) in [4.78, 5) is 14.5. The number of benzene rings is 1. The number of nitrogens with zero attached hydrogens (tertiary/aromatic N) is 4. The molecule has 2 N–H and O–H groups in total. The van der Waals surface area contributed by atoms with E-state index >= 15 is 0 Å². The number of hydrogen-bond acceptors (Lipinski definition) is 5. The van der Waals surface area contributed by atoms with E-state index in [2.05, 4.69) is 33.4 Å². The standard InChI is InChI=1S/C24H33ClN6S/c1-18-10-14-31(15-11-18)22-16-21(30-12-4-2-3-5-13-30)27-23(28-22)29-24(32)26-17-19-6-8-20(25)9-7-19/h6-9,16,18H,2-5,10-15,17H2,1H3,(H2,26,27,28,29,32). The molecule has 0 saturated carbocycles. The highest BCUT2D eigenvalue weighted by molar-refractivity contribution is 7.80. The molecule has 0 aliphatic carbocycles. The van der Waals surface area contributed by atoms with Gasteiger partial charge >= 0.3 is 0 Å². The summed E-state index contributed by atoms with van der Waals surface area (Å²) >= 11 is 11.5. The Balaban J connectivity index is 1.48. The highest BCUT2D eigenvalue weighted by Gasteiger charge is 2.21. The fourth-order valence-corrected chi connectivity index (χ4v) is 4.56. The fraction of sp³-hybridized carbons (Fsp3) is 0.542. The van der Waals surface area contributed by atoms with Crippen molar-refractivity contribution in [2.24, 2.45) is 5.92 Å². The zero-order chi connectivity index (χ0) is 22.3. The van der Waals surface area contributed by atoms with Gasteiger partial charge in [-0.1, -0.05) is 43.5 Å². The first-order valence-corrected chi connectivity index (χ1v) is 12.5. The zero-order valence-electron chi connectivity index (χ0n) is 18.8. The monoisotopic (exact) mass is 472 g/mol. The third-order valence-electron chi connectivity index (χ3n) is 6.33. The van der Waals surface area contributed by atoms with Crippen LogP contribution in [0.1, 0.15) is 51.0 Å². The predicted molar refractivity (Wildman–Crippen MR) is 138 cm³/mol. The van der Waals surface area contributed by atoms with Gasteiger partial charge in [0.1, 0.15) is 11.6 Å². The summed E-state index contributed by atoms with van der Waals surface area (Å²) in [7, 11) is 0. The van der Waals surface area contributed by atoms with E-state index in [4.69, 9.17) is 33.8 Å². The van der Waals surface area contributed by atoms with Crippen LogP contribution in [0.4, 0.5) is 17.6 Å². The van der Waals surface area contributed by atoms with E-state index < -0.39 is 0 Å². The molecule has 0 amide bonds. The lowest BCUT2D eigenvalue weighted by Gasteiger charge is -2.32. The molecule has 0 spiro atoms. The third kappa shape index (κ3) is 6.45. The lowest BCUT2D eigenvalue weighted by atomic mass is 9.99. The average Bonchev–Trinajstić information content (AvgIpc) is 3.09. The van der Waals surface area contributed by atoms with Crippen LogP contribution in [0.3, 0.4) is 0 Å². The van der Waals surface area contributed by atoms with Crippen LogP contribution in [0, 0.1) is 5.92 Å². The van der Waals surface area contributed by atoms with Crippen molar-refractivity contribution >= 4 is 46.5 Å². The second kappa shape index (κ2) is 11.1. The Bertz CT molecular complexity index is 890. The maximum atomic E-state index is 5.97. The van der Waals surface area contributed by atoms with Crippen molar-refractivity contribution in [2.45, 2.75) is 52.0 Å². The fourth-order valence-electron chi connectivity index (χ4n) is 4.27. The molecule has 0 radical (unpaired) electrons. The van der Waals surface area contributed by atoms with Crippen LogP contribution in [-0.4, -0.2) is 41.3 Å². The molecule has 2 saturated heterocycles. The van der Waals surface area contributed by atoms with Gasteiger partial charge in [0.15, 0.2) is 5.11 Å². The van der Waals surface area contributed by atoms with Crippen molar-refractivity contribution in [3.63, 3.8) is 0 Å². The molecule has 2 aliphatic rings. The van der Waals surface area contributed by atoms with Crippen LogP contribution in [0.5, 0.6) is 0 Å². The Kier molecular flexibility index (Phi) is 8.03. The molecular weight excluding hydrogens is 440 g/mol. The van der Waals surface area contributed by atoms with Gasteiger partial charge in [-0.15, -0.1) is 0 Å². The van der Waals surface area contributed by atoms with Crippen LogP contribution in [0.2, 0.25) is 5.02 Å². The molecule has 3 heterocycles. The van der Waals surface area contributed by atoms with Gasteiger partial charge < -0.3 is 20.4 Å². The third-order valence-corrected chi connectivity index (χ3v) is 6.83. The largest absolute Gasteiger partial charge is 0.358 e. The number of piperidine rings is 1. The van der Waals surface area contributed by atoms with Gasteiger partial charge in [0.2, 0.25) is 5.95 Å². The quantitative estimate of drug-likeness (QED) is 0.577. The van der Waals surface area contributed by atoms with Crippen molar-refractivity contribution in [1.82, 2.24) is 15.3 Å². The Morgan fingerprint density at radius 1 is 0.969 bits per heavy atom. The first-order chi connectivity index (χ1) is 15.6. The maximum Gasteiger partial charge on any atom is 0.232 e. The molecule has 0 bridgehead atoms. The summed E-state index contributed by atoms with van der Waals surface area (Å²) in [5.74, 6) is 3.34. The van der Waals surface area contributed by atoms with Gasteiger partial charge in [-0.05, 0) is 61.5 Å². The topological polar surface area (TPSA) is 56.3 Å². The van der Waals surface area contributed by atoms with Gasteiger partial charge in [0.25, 0.3) is 0 Å². The molecule has 1 aromatic carbocycles. The molecule has 6 nitrogen and oxygen atoms in total. The molecule has 32 heavy (non-hydrogen) atoms. The van der Waals surface area contributed by atoms with E-state index in [0.717, 1.165) is 54.3 Å². The van der Waals surface area contributed by atoms with Crippen LogP contribution in [0.15, 0.2) is 30.3 Å². The predicted octanol–water partition coefficient (Wildman–Crippen LogP) is 5.23. The van der Waals surface area contributed by atoms with Gasteiger partial charge in [0, 0.05) is 43.8 Å². The summed E-state index contributed by atoms with van der Waals surface area (Å²) in [5, 5.41) is 7.73. The molecule has 172 valence electrons. The van der Waals surface area contributed by atoms with Crippen molar-refractivity contribution in [1.29, 1.82) is 0 Å². The number of nitrogens with one attached hydrogen (secondary N) is 2. The summed E-state index contributed by atoms with van der Waals surface area (Å²) in [5.41, 5.74) is 1.11. The lowest BCUT2D eigenvalue weighted by Crippen LogP contribution is -2.35. The van der Waals surface area contributed by atoms with Crippen LogP contribution >= 0.6 is 23.8 Å². The minimum atomic E-state index is 0.520. The van der Waals surface area contributed by atoms with E-state index in [1.54, 1.807) is 0 Å². The summed E-state index contributed by atoms with van der Waals surface area (Å²) in [6, 6.07) is 9.91. The van der Waals surface area contributed by atoms with Gasteiger partial charge in [-0.2, -0.15) is 9.97 Å². The SMILES string of the molecule is CC1CCN(c2cc(N3CCCCCC3)nc(NC(=S)NCc3ccc(Cl)cc3)n2)CC1. The van der Waals surface area contributed by atoms with E-state index in [1.807, 2.05) is 24.3 Å². The minimum absolute atomic E-state index is 0.520. The van der Waals surface area contributed by atoms with Crippen molar-refractivity contribution in [3.05, 3.63) is 40.9 Å². The second-order valence-corrected chi connectivity index (χ2v) is 9.76. The Labute approximate surface area is 201 Å². The first kappa shape index (κ1) is 23.1. The molecule has 2 aliphatic heterocycles. The molecule has 2 aromatic rings. The number of rotatable bonds is 5. The Hall–Kier alpha value is -2.12. The second-order valence-electron chi connectivity index (χ2n) is 8.91. The molecule has 1 aromatic heterocycles. The Morgan fingerprint density at radius 3 is 2.19 bits per heavy atom. The number of halogens is 1. The summed E-state index contributed by atoms with van der Waals surface area (Å²) < 4.78 is 0. The van der Waals surface area contributed by atoms with Crippen molar-refractivity contribution in [3.8, 4) is 0 Å². The van der Waals surface area contributed by atoms with Gasteiger partial charge in [0.05, 0.1) is 0 Å². The van der Waals surface area contributed by atoms with E-state index in [9.17, 15) is 0 Å². The summed E-state index contributed by atoms with van der Waals surface area (Å²) in [6.07, 6.45) is 7.42. The highest BCUT2D eigenvalue weighted by Crippen LogP contribution is 2.27.